The third-order valence-corrected chi connectivity index (χ3v) is 4.91. The second-order valence-electron chi connectivity index (χ2n) is 4.83. The van der Waals surface area contributed by atoms with E-state index in [-0.39, 0.29) is 22.8 Å². The summed E-state index contributed by atoms with van der Waals surface area (Å²) in [6.45, 7) is -0.139. The number of carbonyl (C=O) groups is 1. The molecule has 0 fully saturated rings. The molecule has 1 aromatic carbocycles. The SMILES string of the molecule is CN(Cc1ncc(CC(=O)O)c(=O)[nH]1)S(=O)(=O)c1ccccc1. The van der Waals surface area contributed by atoms with Crippen LogP contribution in [0.5, 0.6) is 0 Å². The first-order valence-electron chi connectivity index (χ1n) is 6.61. The summed E-state index contributed by atoms with van der Waals surface area (Å²) in [7, 11) is -2.33. The van der Waals surface area contributed by atoms with Gasteiger partial charge in [0.25, 0.3) is 5.56 Å². The molecular formula is C14H15N3O5S. The summed E-state index contributed by atoms with van der Waals surface area (Å²) in [6.07, 6.45) is 0.700. The first kappa shape index (κ1) is 16.8. The van der Waals surface area contributed by atoms with Crippen LogP contribution in [0.2, 0.25) is 0 Å². The summed E-state index contributed by atoms with van der Waals surface area (Å²) in [5.41, 5.74) is -0.585. The van der Waals surface area contributed by atoms with Gasteiger partial charge in [-0.2, -0.15) is 4.31 Å². The lowest BCUT2D eigenvalue weighted by Gasteiger charge is -2.16. The van der Waals surface area contributed by atoms with Gasteiger partial charge in [0.15, 0.2) is 0 Å². The number of carboxylic acids is 1. The van der Waals surface area contributed by atoms with E-state index in [1.54, 1.807) is 18.2 Å². The van der Waals surface area contributed by atoms with E-state index in [0.717, 1.165) is 10.5 Å². The minimum absolute atomic E-state index is 0.00909. The van der Waals surface area contributed by atoms with Crippen molar-refractivity contribution < 1.29 is 18.3 Å². The number of hydrogen-bond donors (Lipinski definition) is 2. The third-order valence-electron chi connectivity index (χ3n) is 3.09. The molecule has 2 rings (SSSR count). The topological polar surface area (TPSA) is 120 Å². The Morgan fingerprint density at radius 2 is 1.96 bits per heavy atom. The van der Waals surface area contributed by atoms with E-state index in [0.29, 0.717) is 0 Å². The van der Waals surface area contributed by atoms with E-state index >= 15 is 0 Å². The molecule has 0 spiro atoms. The van der Waals surface area contributed by atoms with E-state index in [4.69, 9.17) is 5.11 Å². The highest BCUT2D eigenvalue weighted by Gasteiger charge is 2.21. The van der Waals surface area contributed by atoms with Crippen LogP contribution in [0.1, 0.15) is 11.4 Å². The number of hydrogen-bond acceptors (Lipinski definition) is 5. The summed E-state index contributed by atoms with van der Waals surface area (Å²) in [6, 6.07) is 7.87. The fourth-order valence-corrected chi connectivity index (χ4v) is 3.05. The van der Waals surface area contributed by atoms with Gasteiger partial charge >= 0.3 is 5.97 Å². The highest BCUT2D eigenvalue weighted by molar-refractivity contribution is 7.89. The zero-order valence-electron chi connectivity index (χ0n) is 12.3. The second-order valence-corrected chi connectivity index (χ2v) is 6.87. The van der Waals surface area contributed by atoms with Gasteiger partial charge in [-0.25, -0.2) is 13.4 Å². The minimum Gasteiger partial charge on any atom is -0.481 e. The molecule has 8 nitrogen and oxygen atoms in total. The van der Waals surface area contributed by atoms with Crippen LogP contribution in [0.25, 0.3) is 0 Å². The summed E-state index contributed by atoms with van der Waals surface area (Å²) in [5, 5.41) is 8.67. The fraction of sp³-hybridized carbons (Fsp3) is 0.214. The molecule has 0 amide bonds. The van der Waals surface area contributed by atoms with Crippen molar-refractivity contribution >= 4 is 16.0 Å². The average Bonchev–Trinajstić information content (AvgIpc) is 2.50. The van der Waals surface area contributed by atoms with Gasteiger partial charge in [-0.3, -0.25) is 9.59 Å². The predicted octanol–water partition coefficient (Wildman–Crippen LogP) is 0.218. The molecule has 1 heterocycles. The largest absolute Gasteiger partial charge is 0.481 e. The van der Waals surface area contributed by atoms with Gasteiger partial charge in [0.1, 0.15) is 5.82 Å². The highest BCUT2D eigenvalue weighted by atomic mass is 32.2. The zero-order chi connectivity index (χ0) is 17.0. The number of nitrogens with one attached hydrogen (secondary N) is 1. The first-order chi connectivity index (χ1) is 10.8. The van der Waals surface area contributed by atoms with Crippen molar-refractivity contribution in [1.82, 2.24) is 14.3 Å². The fourth-order valence-electron chi connectivity index (χ4n) is 1.90. The predicted molar refractivity (Wildman–Crippen MR) is 81.3 cm³/mol. The number of rotatable bonds is 6. The molecule has 122 valence electrons. The lowest BCUT2D eigenvalue weighted by atomic mass is 10.2. The van der Waals surface area contributed by atoms with Crippen molar-refractivity contribution in [3.63, 3.8) is 0 Å². The minimum atomic E-state index is -3.70. The van der Waals surface area contributed by atoms with Crippen molar-refractivity contribution in [1.29, 1.82) is 0 Å². The van der Waals surface area contributed by atoms with E-state index in [2.05, 4.69) is 9.97 Å². The molecule has 0 saturated heterocycles. The van der Waals surface area contributed by atoms with Crippen LogP contribution in [0, 0.1) is 0 Å². The Balaban J connectivity index is 2.21. The molecule has 2 aromatic rings. The van der Waals surface area contributed by atoms with Crippen LogP contribution >= 0.6 is 0 Å². The Hall–Kier alpha value is -2.52. The van der Waals surface area contributed by atoms with Gasteiger partial charge in [0.05, 0.1) is 17.9 Å². The Morgan fingerprint density at radius 1 is 1.30 bits per heavy atom. The molecular weight excluding hydrogens is 322 g/mol. The highest BCUT2D eigenvalue weighted by Crippen LogP contribution is 2.14. The summed E-state index contributed by atoms with van der Waals surface area (Å²) < 4.78 is 25.8. The van der Waals surface area contributed by atoms with Crippen LogP contribution in [-0.2, 0) is 27.8 Å². The van der Waals surface area contributed by atoms with Gasteiger partial charge < -0.3 is 10.1 Å². The normalized spacial score (nSPS) is 11.6. The van der Waals surface area contributed by atoms with E-state index in [1.165, 1.54) is 19.2 Å². The van der Waals surface area contributed by atoms with Crippen LogP contribution in [0.15, 0.2) is 46.2 Å². The monoisotopic (exact) mass is 337 g/mol. The maximum absolute atomic E-state index is 12.4. The molecule has 1 aromatic heterocycles. The maximum Gasteiger partial charge on any atom is 0.308 e. The third kappa shape index (κ3) is 4.02. The number of H-pyrrole nitrogens is 1. The Morgan fingerprint density at radius 3 is 2.52 bits per heavy atom. The summed E-state index contributed by atoms with van der Waals surface area (Å²) >= 11 is 0. The Kier molecular flexibility index (Phi) is 4.92. The molecule has 0 saturated carbocycles. The smallest absolute Gasteiger partial charge is 0.308 e. The van der Waals surface area contributed by atoms with Gasteiger partial charge in [-0.05, 0) is 12.1 Å². The summed E-state index contributed by atoms with van der Waals surface area (Å²) in [5.74, 6) is -1.01. The lowest BCUT2D eigenvalue weighted by molar-refractivity contribution is -0.136. The average molecular weight is 337 g/mol. The summed E-state index contributed by atoms with van der Waals surface area (Å²) in [4.78, 5) is 28.8. The quantitative estimate of drug-likeness (QED) is 0.778. The molecule has 0 atom stereocenters. The Bertz CT molecular complexity index is 861. The van der Waals surface area contributed by atoms with Crippen LogP contribution in [0.4, 0.5) is 0 Å². The van der Waals surface area contributed by atoms with Gasteiger partial charge in [0, 0.05) is 18.8 Å². The van der Waals surface area contributed by atoms with Crippen molar-refractivity contribution in [2.24, 2.45) is 0 Å². The number of benzene rings is 1. The van der Waals surface area contributed by atoms with Crippen LogP contribution in [-0.4, -0.2) is 40.8 Å². The van der Waals surface area contributed by atoms with Crippen molar-refractivity contribution in [3.8, 4) is 0 Å². The number of nitrogens with zero attached hydrogens (tertiary/aromatic N) is 2. The van der Waals surface area contributed by atoms with Crippen LogP contribution in [0.3, 0.4) is 0 Å². The van der Waals surface area contributed by atoms with Crippen molar-refractivity contribution in [2.75, 3.05) is 7.05 Å². The zero-order valence-corrected chi connectivity index (χ0v) is 13.1. The second kappa shape index (κ2) is 6.71. The number of aromatic amines is 1. The van der Waals surface area contributed by atoms with Crippen molar-refractivity contribution in [2.45, 2.75) is 17.9 Å². The molecule has 0 aliphatic carbocycles. The molecule has 9 heteroatoms. The number of aliphatic carboxylic acids is 1. The Labute approximate surface area is 132 Å². The molecule has 0 aliphatic rings. The van der Waals surface area contributed by atoms with E-state index < -0.39 is 28.0 Å². The van der Waals surface area contributed by atoms with Crippen molar-refractivity contribution in [3.05, 3.63) is 58.3 Å². The molecule has 0 unspecified atom stereocenters. The molecule has 2 N–H and O–H groups in total. The number of carboxylic acid groups (broad SMARTS) is 1. The number of sulfonamides is 1. The van der Waals surface area contributed by atoms with Gasteiger partial charge in [0.2, 0.25) is 10.0 Å². The molecule has 23 heavy (non-hydrogen) atoms. The molecule has 0 bridgehead atoms. The van der Waals surface area contributed by atoms with E-state index in [1.807, 2.05) is 0 Å². The standard InChI is InChI=1S/C14H15N3O5S/c1-17(23(21,22)11-5-3-2-4-6-11)9-12-15-8-10(7-13(18)19)14(20)16-12/h2-6,8H,7,9H2,1H3,(H,18,19)(H,15,16,20). The van der Waals surface area contributed by atoms with Crippen LogP contribution < -0.4 is 5.56 Å². The first-order valence-corrected chi connectivity index (χ1v) is 8.05. The lowest BCUT2D eigenvalue weighted by Crippen LogP contribution is -2.29. The number of aromatic nitrogens is 2. The van der Waals surface area contributed by atoms with E-state index in [9.17, 15) is 18.0 Å². The van der Waals surface area contributed by atoms with Gasteiger partial charge in [-0.1, -0.05) is 18.2 Å². The molecule has 0 radical (unpaired) electrons. The van der Waals surface area contributed by atoms with Gasteiger partial charge in [-0.15, -0.1) is 0 Å². The maximum atomic E-state index is 12.4. The molecule has 0 aliphatic heterocycles.